The molecule has 0 radical (unpaired) electrons. The number of carbonyl (C=O) groups is 1. The molecule has 0 aliphatic rings. The molecule has 4 aromatic rings. The van der Waals surface area contributed by atoms with Gasteiger partial charge in [-0.15, -0.1) is 0 Å². The van der Waals surface area contributed by atoms with E-state index in [4.69, 9.17) is 10.2 Å². The van der Waals surface area contributed by atoms with E-state index >= 15 is 0 Å². The van der Waals surface area contributed by atoms with Crippen LogP contribution in [0, 0.1) is 0 Å². The second-order valence-corrected chi connectivity index (χ2v) is 6.07. The van der Waals surface area contributed by atoms with Gasteiger partial charge in [0.2, 0.25) is 5.69 Å². The average molecular weight is 420 g/mol. The van der Waals surface area contributed by atoms with Crippen molar-refractivity contribution in [1.29, 1.82) is 0 Å². The summed E-state index contributed by atoms with van der Waals surface area (Å²) in [7, 11) is 0. The van der Waals surface area contributed by atoms with Gasteiger partial charge in [-0.05, 0) is 24.3 Å². The molecule has 0 saturated carbocycles. The number of hydrogen-bond donors (Lipinski definition) is 3. The zero-order chi connectivity index (χ0) is 22.4. The fraction of sp³-hybridized carbons (Fsp3) is 0. The van der Waals surface area contributed by atoms with Crippen LogP contribution in [-0.2, 0) is 0 Å². The van der Waals surface area contributed by atoms with Crippen LogP contribution in [0.5, 0.6) is 11.5 Å². The number of aromatic hydroxyl groups is 2. The first-order valence-corrected chi connectivity index (χ1v) is 8.82. The Balaban J connectivity index is 0.000000179. The van der Waals surface area contributed by atoms with Crippen molar-refractivity contribution in [3.8, 4) is 22.9 Å². The molecule has 0 amide bonds. The molecule has 156 valence electrons. The molecule has 2 aromatic carbocycles. The van der Waals surface area contributed by atoms with E-state index in [0.29, 0.717) is 11.4 Å². The maximum absolute atomic E-state index is 11.6. The Hall–Kier alpha value is -4.73. The van der Waals surface area contributed by atoms with Crippen LogP contribution in [-0.4, -0.2) is 40.8 Å². The highest BCUT2D eigenvalue weighted by Crippen LogP contribution is 2.12. The Morgan fingerprint density at radius 2 is 1.29 bits per heavy atom. The number of hydrogen-bond acceptors (Lipinski definition) is 7. The summed E-state index contributed by atoms with van der Waals surface area (Å²) >= 11 is 0. The van der Waals surface area contributed by atoms with E-state index in [1.807, 2.05) is 18.2 Å². The summed E-state index contributed by atoms with van der Waals surface area (Å²) in [4.78, 5) is 33.7. The van der Waals surface area contributed by atoms with Crippen LogP contribution in [0.2, 0.25) is 0 Å². The molecule has 0 aliphatic heterocycles. The fourth-order valence-electron chi connectivity index (χ4n) is 2.52. The number of nitrogens with zero attached hydrogens (tertiary/aromatic N) is 4. The van der Waals surface area contributed by atoms with E-state index in [1.165, 1.54) is 10.9 Å². The quantitative estimate of drug-likeness (QED) is 0.452. The lowest BCUT2D eigenvalue weighted by Crippen LogP contribution is -2.22. The van der Waals surface area contributed by atoms with Crippen LogP contribution in [0.3, 0.4) is 0 Å². The van der Waals surface area contributed by atoms with Gasteiger partial charge in [-0.1, -0.05) is 36.4 Å². The first-order valence-electron chi connectivity index (χ1n) is 8.82. The fourth-order valence-corrected chi connectivity index (χ4v) is 2.52. The third-order valence-corrected chi connectivity index (χ3v) is 3.90. The van der Waals surface area contributed by atoms with Gasteiger partial charge in [0, 0.05) is 12.1 Å². The molecule has 10 nitrogen and oxygen atoms in total. The summed E-state index contributed by atoms with van der Waals surface area (Å²) in [6, 6.07) is 19.3. The number of benzene rings is 2. The van der Waals surface area contributed by atoms with Crippen molar-refractivity contribution in [2.75, 3.05) is 0 Å². The van der Waals surface area contributed by atoms with Crippen LogP contribution >= 0.6 is 0 Å². The predicted octanol–water partition coefficient (Wildman–Crippen LogP) is 1.57. The largest absolute Gasteiger partial charge is 0.506 e. The molecular formula is C21H16N4O6. The first kappa shape index (κ1) is 21.0. The van der Waals surface area contributed by atoms with E-state index in [1.54, 1.807) is 42.5 Å². The Labute approximate surface area is 174 Å². The third-order valence-electron chi connectivity index (χ3n) is 3.90. The van der Waals surface area contributed by atoms with E-state index in [0.717, 1.165) is 16.8 Å². The molecule has 0 aliphatic carbocycles. The van der Waals surface area contributed by atoms with Gasteiger partial charge >= 0.3 is 5.97 Å². The van der Waals surface area contributed by atoms with Crippen LogP contribution in [0.4, 0.5) is 0 Å². The molecule has 10 heteroatoms. The Morgan fingerprint density at radius 3 is 1.81 bits per heavy atom. The van der Waals surface area contributed by atoms with Crippen LogP contribution in [0.15, 0.2) is 88.6 Å². The average Bonchev–Trinajstić information content (AvgIpc) is 2.75. The summed E-state index contributed by atoms with van der Waals surface area (Å²) in [5.41, 5.74) is -0.402. The zero-order valence-corrected chi connectivity index (χ0v) is 15.9. The highest BCUT2D eigenvalue weighted by Gasteiger charge is 2.15. The highest BCUT2D eigenvalue weighted by molar-refractivity contribution is 5.88. The van der Waals surface area contributed by atoms with E-state index in [-0.39, 0.29) is 11.3 Å². The number of para-hydroxylation sites is 2. The molecule has 2 aromatic heterocycles. The van der Waals surface area contributed by atoms with Gasteiger partial charge in [-0.2, -0.15) is 19.6 Å². The van der Waals surface area contributed by atoms with Crippen molar-refractivity contribution in [2.45, 2.75) is 0 Å². The van der Waals surface area contributed by atoms with E-state index in [9.17, 15) is 19.5 Å². The number of aromatic carboxylic acids is 1. The minimum absolute atomic E-state index is 0.123. The van der Waals surface area contributed by atoms with Crippen molar-refractivity contribution in [3.05, 3.63) is 105 Å². The topological polar surface area (TPSA) is 148 Å². The van der Waals surface area contributed by atoms with Gasteiger partial charge < -0.3 is 15.3 Å². The smallest absolute Gasteiger partial charge is 0.360 e. The predicted molar refractivity (Wildman–Crippen MR) is 110 cm³/mol. The second-order valence-electron chi connectivity index (χ2n) is 6.07. The van der Waals surface area contributed by atoms with Gasteiger partial charge in [-0.25, -0.2) is 4.79 Å². The molecule has 3 N–H and O–H groups in total. The van der Waals surface area contributed by atoms with Crippen molar-refractivity contribution in [3.63, 3.8) is 0 Å². The SMILES string of the molecule is O=C(O)c1nn(-c2ccccc2)c(=O)cc1O.O=c1cc(O)cnn1-c1ccccc1. The Morgan fingerprint density at radius 1 is 0.774 bits per heavy atom. The van der Waals surface area contributed by atoms with Crippen molar-refractivity contribution < 1.29 is 20.1 Å². The summed E-state index contributed by atoms with van der Waals surface area (Å²) in [5.74, 6) is -2.16. The lowest BCUT2D eigenvalue weighted by Gasteiger charge is -2.05. The summed E-state index contributed by atoms with van der Waals surface area (Å²) in [5, 5.41) is 34.5. The maximum atomic E-state index is 11.6. The first-order chi connectivity index (χ1) is 14.9. The van der Waals surface area contributed by atoms with Gasteiger partial charge in [0.25, 0.3) is 11.1 Å². The van der Waals surface area contributed by atoms with Crippen LogP contribution in [0.25, 0.3) is 11.4 Å². The highest BCUT2D eigenvalue weighted by atomic mass is 16.4. The maximum Gasteiger partial charge on any atom is 0.360 e. The minimum Gasteiger partial charge on any atom is -0.506 e. The molecule has 0 fully saturated rings. The van der Waals surface area contributed by atoms with Crippen molar-refractivity contribution in [2.24, 2.45) is 0 Å². The molecule has 2 heterocycles. The number of aromatic nitrogens is 4. The van der Waals surface area contributed by atoms with Crippen molar-refractivity contribution in [1.82, 2.24) is 19.6 Å². The molecule has 0 atom stereocenters. The number of rotatable bonds is 3. The molecule has 0 unspecified atom stereocenters. The minimum atomic E-state index is -1.40. The van der Waals surface area contributed by atoms with Crippen LogP contribution < -0.4 is 11.1 Å². The standard InChI is InChI=1S/C11H8N2O4.C10H8N2O2/c14-8-6-9(15)13(12-10(8)11(16)17)7-4-2-1-3-5-7;13-9-6-10(14)12(11-7-9)8-4-2-1-3-5-8/h1-6,14H,(H,16,17);1-7,13H. The lowest BCUT2D eigenvalue weighted by molar-refractivity contribution is 0.0684. The Kier molecular flexibility index (Phi) is 6.21. The summed E-state index contributed by atoms with van der Waals surface area (Å²) < 4.78 is 2.14. The summed E-state index contributed by atoms with van der Waals surface area (Å²) in [6.07, 6.45) is 1.23. The monoisotopic (exact) mass is 420 g/mol. The normalized spacial score (nSPS) is 10.1. The zero-order valence-electron chi connectivity index (χ0n) is 15.9. The molecule has 0 spiro atoms. The molecule has 31 heavy (non-hydrogen) atoms. The number of carboxylic acids is 1. The van der Waals surface area contributed by atoms with Gasteiger partial charge in [0.1, 0.15) is 5.75 Å². The number of carboxylic acid groups (broad SMARTS) is 1. The van der Waals surface area contributed by atoms with Crippen LogP contribution in [0.1, 0.15) is 10.5 Å². The second kappa shape index (κ2) is 9.18. The van der Waals surface area contributed by atoms with E-state index in [2.05, 4.69) is 10.2 Å². The van der Waals surface area contributed by atoms with Gasteiger partial charge in [0.05, 0.1) is 17.6 Å². The molecule has 0 bridgehead atoms. The molecular weight excluding hydrogens is 404 g/mol. The third kappa shape index (κ3) is 5.01. The lowest BCUT2D eigenvalue weighted by atomic mass is 10.3. The summed E-state index contributed by atoms with van der Waals surface area (Å²) in [6.45, 7) is 0. The van der Waals surface area contributed by atoms with Crippen molar-refractivity contribution >= 4 is 5.97 Å². The van der Waals surface area contributed by atoms with Gasteiger partial charge in [0.15, 0.2) is 5.75 Å². The Bertz CT molecular complexity index is 1320. The molecule has 4 rings (SSSR count). The van der Waals surface area contributed by atoms with Gasteiger partial charge in [-0.3, -0.25) is 9.59 Å². The van der Waals surface area contributed by atoms with E-state index < -0.39 is 23.0 Å². The molecule has 0 saturated heterocycles.